The van der Waals surface area contributed by atoms with Crippen LogP contribution in [0.15, 0.2) is 97.1 Å². The molecule has 2 aromatic heterocycles. The molecule has 42 heavy (non-hydrogen) atoms. The quantitative estimate of drug-likeness (QED) is 0.201. The summed E-state index contributed by atoms with van der Waals surface area (Å²) in [5, 5.41) is 5.41. The van der Waals surface area contributed by atoms with Gasteiger partial charge in [-0.05, 0) is 75.4 Å². The molecule has 0 aliphatic carbocycles. The fraction of sp³-hybridized carbons (Fsp3) is 0.250. The van der Waals surface area contributed by atoms with Gasteiger partial charge in [-0.15, -0.1) is 11.3 Å². The molecule has 1 nitrogen and oxygen atoms in total. The predicted molar refractivity (Wildman–Crippen MR) is 186 cm³/mol. The van der Waals surface area contributed by atoms with Crippen molar-refractivity contribution in [3.8, 4) is 16.8 Å². The lowest BCUT2D eigenvalue weighted by molar-refractivity contribution is 0.569. The SMILES string of the molecule is CCc1c(-n2c3ccccc3c3ccccc32)ccc2sc3cccc(-c4cc(C(C)(C)C)cc(C(C)(C)C)c4)c3c12. The topological polar surface area (TPSA) is 4.93 Å². The normalized spacial score (nSPS) is 12.7. The first-order valence-electron chi connectivity index (χ1n) is 15.2. The van der Waals surface area contributed by atoms with Gasteiger partial charge in [0.05, 0.1) is 16.7 Å². The van der Waals surface area contributed by atoms with Gasteiger partial charge in [0.2, 0.25) is 0 Å². The van der Waals surface area contributed by atoms with E-state index in [-0.39, 0.29) is 10.8 Å². The van der Waals surface area contributed by atoms with Crippen LogP contribution in [-0.4, -0.2) is 4.57 Å². The molecular weight excluding hydrogens is 527 g/mol. The van der Waals surface area contributed by atoms with Crippen molar-refractivity contribution in [1.82, 2.24) is 4.57 Å². The molecule has 2 heterocycles. The Balaban J connectivity index is 1.58. The Labute approximate surface area is 253 Å². The Bertz CT molecular complexity index is 2050. The number of rotatable bonds is 3. The maximum atomic E-state index is 2.49. The molecule has 0 radical (unpaired) electrons. The average Bonchev–Trinajstić information content (AvgIpc) is 3.51. The second kappa shape index (κ2) is 9.57. The number of fused-ring (bicyclic) bond motifs is 6. The van der Waals surface area contributed by atoms with Crippen LogP contribution in [0.4, 0.5) is 0 Å². The van der Waals surface area contributed by atoms with E-state index in [1.54, 1.807) is 0 Å². The van der Waals surface area contributed by atoms with Gasteiger partial charge in [-0.3, -0.25) is 0 Å². The van der Waals surface area contributed by atoms with Crippen molar-refractivity contribution in [1.29, 1.82) is 0 Å². The van der Waals surface area contributed by atoms with Gasteiger partial charge in [0.25, 0.3) is 0 Å². The molecule has 7 aromatic rings. The molecule has 210 valence electrons. The van der Waals surface area contributed by atoms with Crippen LogP contribution in [0.3, 0.4) is 0 Å². The Morgan fingerprint density at radius 2 is 1.17 bits per heavy atom. The molecule has 0 aliphatic heterocycles. The van der Waals surface area contributed by atoms with Crippen molar-refractivity contribution >= 4 is 53.3 Å². The first kappa shape index (κ1) is 27.0. The molecule has 5 aromatic carbocycles. The zero-order valence-electron chi connectivity index (χ0n) is 25.8. The summed E-state index contributed by atoms with van der Waals surface area (Å²) in [5.74, 6) is 0. The molecule has 0 saturated carbocycles. The van der Waals surface area contributed by atoms with E-state index in [1.807, 2.05) is 11.3 Å². The highest BCUT2D eigenvalue weighted by molar-refractivity contribution is 7.26. The van der Waals surface area contributed by atoms with E-state index in [1.165, 1.54) is 75.5 Å². The van der Waals surface area contributed by atoms with Crippen molar-refractivity contribution in [2.24, 2.45) is 0 Å². The maximum absolute atomic E-state index is 2.49. The van der Waals surface area contributed by atoms with E-state index in [2.05, 4.69) is 150 Å². The molecule has 0 unspecified atom stereocenters. The minimum absolute atomic E-state index is 0.0684. The first-order chi connectivity index (χ1) is 20.1. The maximum Gasteiger partial charge on any atom is 0.0541 e. The molecule has 0 aliphatic rings. The summed E-state index contributed by atoms with van der Waals surface area (Å²) in [5.41, 5.74) is 10.8. The van der Waals surface area contributed by atoms with Gasteiger partial charge in [0.1, 0.15) is 0 Å². The zero-order chi connectivity index (χ0) is 29.4. The second-order valence-electron chi connectivity index (χ2n) is 13.7. The molecular formula is C40H39NS. The molecule has 0 amide bonds. The van der Waals surface area contributed by atoms with Crippen molar-refractivity contribution in [3.63, 3.8) is 0 Å². The third kappa shape index (κ3) is 4.19. The van der Waals surface area contributed by atoms with Gasteiger partial charge in [0, 0.05) is 30.9 Å². The first-order valence-corrected chi connectivity index (χ1v) is 16.0. The monoisotopic (exact) mass is 565 g/mol. The summed E-state index contributed by atoms with van der Waals surface area (Å²) in [6, 6.07) is 36.6. The number of aromatic nitrogens is 1. The number of hydrogen-bond acceptors (Lipinski definition) is 1. The van der Waals surface area contributed by atoms with E-state index in [9.17, 15) is 0 Å². The Hall–Kier alpha value is -3.88. The van der Waals surface area contributed by atoms with Gasteiger partial charge in [-0.1, -0.05) is 115 Å². The average molecular weight is 566 g/mol. The Morgan fingerprint density at radius 3 is 1.74 bits per heavy atom. The number of benzene rings is 5. The van der Waals surface area contributed by atoms with Crippen LogP contribution in [0.5, 0.6) is 0 Å². The van der Waals surface area contributed by atoms with Crippen molar-refractivity contribution in [2.45, 2.75) is 65.7 Å². The van der Waals surface area contributed by atoms with Gasteiger partial charge in [-0.25, -0.2) is 0 Å². The molecule has 0 N–H and O–H groups in total. The van der Waals surface area contributed by atoms with E-state index in [0.29, 0.717) is 0 Å². The Kier molecular flexibility index (Phi) is 6.15. The van der Waals surface area contributed by atoms with Crippen LogP contribution < -0.4 is 0 Å². The van der Waals surface area contributed by atoms with Crippen LogP contribution >= 0.6 is 11.3 Å². The number of para-hydroxylation sites is 2. The third-order valence-electron chi connectivity index (χ3n) is 8.90. The lowest BCUT2D eigenvalue weighted by Gasteiger charge is -2.26. The smallest absolute Gasteiger partial charge is 0.0541 e. The molecule has 7 rings (SSSR count). The third-order valence-corrected chi connectivity index (χ3v) is 10.0. The minimum Gasteiger partial charge on any atom is -0.309 e. The number of thiophene rings is 1. The summed E-state index contributed by atoms with van der Waals surface area (Å²) in [7, 11) is 0. The summed E-state index contributed by atoms with van der Waals surface area (Å²) in [6.45, 7) is 16.3. The molecule has 0 spiro atoms. The van der Waals surface area contributed by atoms with Gasteiger partial charge in [-0.2, -0.15) is 0 Å². The summed E-state index contributed by atoms with van der Waals surface area (Å²) in [4.78, 5) is 0. The van der Waals surface area contributed by atoms with Crippen LogP contribution in [0.25, 0.3) is 58.8 Å². The summed E-state index contributed by atoms with van der Waals surface area (Å²) >= 11 is 1.92. The van der Waals surface area contributed by atoms with E-state index >= 15 is 0 Å². The fourth-order valence-corrected chi connectivity index (χ4v) is 7.77. The molecule has 0 saturated heterocycles. The Morgan fingerprint density at radius 1 is 0.595 bits per heavy atom. The number of nitrogens with zero attached hydrogens (tertiary/aromatic N) is 1. The lowest BCUT2D eigenvalue weighted by Crippen LogP contribution is -2.16. The molecule has 0 bridgehead atoms. The van der Waals surface area contributed by atoms with Crippen LogP contribution in [0.1, 0.15) is 65.2 Å². The molecule has 0 fully saturated rings. The van der Waals surface area contributed by atoms with E-state index < -0.39 is 0 Å². The second-order valence-corrected chi connectivity index (χ2v) is 14.8. The van der Waals surface area contributed by atoms with E-state index in [4.69, 9.17) is 0 Å². The highest BCUT2D eigenvalue weighted by Gasteiger charge is 2.23. The molecule has 2 heteroatoms. The fourth-order valence-electron chi connectivity index (χ4n) is 6.61. The highest BCUT2D eigenvalue weighted by Crippen LogP contribution is 2.45. The highest BCUT2D eigenvalue weighted by atomic mass is 32.1. The number of hydrogen-bond donors (Lipinski definition) is 0. The standard InChI is InChI=1S/C40H39NS/c1-8-28-34(41-32-17-11-9-14-30(32)31-15-10-12-18-33(31)41)20-21-36-37(28)38-29(16-13-19-35(38)42-36)25-22-26(39(2,3)4)24-27(23-25)40(5,6)7/h9-24H,8H2,1-7H3. The predicted octanol–water partition coefficient (Wildman–Crippen LogP) is 12.0. The summed E-state index contributed by atoms with van der Waals surface area (Å²) < 4.78 is 5.21. The van der Waals surface area contributed by atoms with Crippen LogP contribution in [0, 0.1) is 0 Å². The van der Waals surface area contributed by atoms with E-state index in [0.717, 1.165) is 6.42 Å². The van der Waals surface area contributed by atoms with Gasteiger partial charge in [0.15, 0.2) is 0 Å². The number of aryl methyl sites for hydroxylation is 1. The van der Waals surface area contributed by atoms with Crippen LogP contribution in [-0.2, 0) is 17.3 Å². The molecule has 0 atom stereocenters. The van der Waals surface area contributed by atoms with Crippen molar-refractivity contribution < 1.29 is 0 Å². The largest absolute Gasteiger partial charge is 0.309 e. The lowest BCUT2D eigenvalue weighted by atomic mass is 9.78. The minimum atomic E-state index is 0.0684. The zero-order valence-corrected chi connectivity index (χ0v) is 26.6. The van der Waals surface area contributed by atoms with Crippen molar-refractivity contribution in [3.05, 3.63) is 114 Å². The van der Waals surface area contributed by atoms with Gasteiger partial charge >= 0.3 is 0 Å². The van der Waals surface area contributed by atoms with Crippen LogP contribution in [0.2, 0.25) is 0 Å². The summed E-state index contributed by atoms with van der Waals surface area (Å²) in [6.07, 6.45) is 0.961. The van der Waals surface area contributed by atoms with Gasteiger partial charge < -0.3 is 4.57 Å². The van der Waals surface area contributed by atoms with Crippen molar-refractivity contribution in [2.75, 3.05) is 0 Å².